The fourth-order valence-electron chi connectivity index (χ4n) is 1.63. The lowest BCUT2D eigenvalue weighted by atomic mass is 10.1. The molecule has 0 unspecified atom stereocenters. The third kappa shape index (κ3) is 1.09. The van der Waals surface area contributed by atoms with Gasteiger partial charge in [0.1, 0.15) is 0 Å². The van der Waals surface area contributed by atoms with Crippen LogP contribution in [-0.4, -0.2) is 9.00 Å². The Morgan fingerprint density at radius 1 is 1.15 bits per heavy atom. The molecule has 2 heterocycles. The summed E-state index contributed by atoms with van der Waals surface area (Å²) in [5.41, 5.74) is 3.93. The number of halogens is 1. The van der Waals surface area contributed by atoms with Gasteiger partial charge in [0.15, 0.2) is 0 Å². The maximum Gasteiger partial charge on any atom is 0.0473 e. The molecule has 0 fully saturated rings. The van der Waals surface area contributed by atoms with E-state index in [-0.39, 0.29) is 20.7 Å². The van der Waals surface area contributed by atoms with Crippen molar-refractivity contribution in [3.05, 3.63) is 39.6 Å². The smallest absolute Gasteiger partial charge is 0.0473 e. The van der Waals surface area contributed by atoms with Gasteiger partial charge in [-0.05, 0) is 20.2 Å². The fourth-order valence-corrected chi connectivity index (χ4v) is 3.44. The summed E-state index contributed by atoms with van der Waals surface area (Å²) in [6, 6.07) is 8.49. The van der Waals surface area contributed by atoms with E-state index in [1.165, 1.54) is 22.2 Å². The Morgan fingerprint density at radius 2 is 2.08 bits per heavy atom. The zero-order valence-corrected chi connectivity index (χ0v) is 9.08. The third-order valence-corrected chi connectivity index (χ3v) is 4.01. The van der Waals surface area contributed by atoms with Gasteiger partial charge in [-0.2, -0.15) is 0 Å². The standard InChI is InChI=1S/C11H8IN/c1-2-4-10-8(3-1)9-7-12-6-5-11(9)13-10/h1-7,13H. The number of fused-ring (bicyclic) bond motifs is 3. The summed E-state index contributed by atoms with van der Waals surface area (Å²) in [5, 5.41) is 1.36. The van der Waals surface area contributed by atoms with Gasteiger partial charge < -0.3 is 4.98 Å². The lowest BCUT2D eigenvalue weighted by molar-refractivity contribution is 1.43. The summed E-state index contributed by atoms with van der Waals surface area (Å²) in [6.07, 6.45) is 2.21. The molecular formula is C11H8IN. The lowest BCUT2D eigenvalue weighted by Gasteiger charge is -1.95. The number of nitrogens with one attached hydrogen (secondary N) is 1. The number of aromatic nitrogens is 1. The van der Waals surface area contributed by atoms with Gasteiger partial charge in [0.2, 0.25) is 0 Å². The first-order valence-corrected chi connectivity index (χ1v) is 6.67. The van der Waals surface area contributed by atoms with Crippen LogP contribution in [0, 0.1) is 0 Å². The predicted octanol–water partition coefficient (Wildman–Crippen LogP) is 3.27. The molecule has 0 saturated carbocycles. The lowest BCUT2D eigenvalue weighted by Crippen LogP contribution is -1.82. The highest BCUT2D eigenvalue weighted by Crippen LogP contribution is 2.26. The quantitative estimate of drug-likeness (QED) is 0.713. The Bertz CT molecular complexity index is 520. The molecular weight excluding hydrogens is 273 g/mol. The van der Waals surface area contributed by atoms with Gasteiger partial charge in [-0.25, -0.2) is 0 Å². The Morgan fingerprint density at radius 3 is 3.08 bits per heavy atom. The van der Waals surface area contributed by atoms with Crippen molar-refractivity contribution in [2.45, 2.75) is 0 Å². The average molecular weight is 281 g/mol. The van der Waals surface area contributed by atoms with Crippen molar-refractivity contribution < 1.29 is 0 Å². The summed E-state index contributed by atoms with van der Waals surface area (Å²) in [5.74, 6) is 0. The number of H-pyrrole nitrogens is 1. The zero-order chi connectivity index (χ0) is 8.67. The molecule has 1 nitrogen and oxygen atoms in total. The Kier molecular flexibility index (Phi) is 1.62. The summed E-state index contributed by atoms with van der Waals surface area (Å²) in [7, 11) is 0. The van der Waals surface area contributed by atoms with Crippen LogP contribution >= 0.6 is 20.7 Å². The summed E-state index contributed by atoms with van der Waals surface area (Å²) in [4.78, 5) is 3.42. The van der Waals surface area contributed by atoms with Crippen LogP contribution in [0.5, 0.6) is 0 Å². The van der Waals surface area contributed by atoms with Gasteiger partial charge in [0.05, 0.1) is 0 Å². The number of hydrogen-bond donors (Lipinski definition) is 1. The minimum absolute atomic E-state index is 0.151. The molecule has 2 heteroatoms. The molecule has 1 aliphatic heterocycles. The molecule has 0 saturated heterocycles. The number of hydrogen-bond acceptors (Lipinski definition) is 0. The molecule has 0 bridgehead atoms. The number of benzene rings is 1. The minimum Gasteiger partial charge on any atom is -0.354 e. The van der Waals surface area contributed by atoms with Crippen LogP contribution in [0.1, 0.15) is 11.3 Å². The Labute approximate surface area is 86.2 Å². The van der Waals surface area contributed by atoms with Crippen LogP contribution in [-0.2, 0) is 0 Å². The Hall–Kier alpha value is -0.900. The number of aromatic amines is 1. The van der Waals surface area contributed by atoms with Crippen molar-refractivity contribution in [3.8, 4) is 0 Å². The van der Waals surface area contributed by atoms with E-state index in [1.54, 1.807) is 0 Å². The van der Waals surface area contributed by atoms with Crippen LogP contribution in [0.2, 0.25) is 0 Å². The first-order chi connectivity index (χ1) is 6.45. The summed E-state index contributed by atoms with van der Waals surface area (Å²) >= 11 is 0.151. The van der Waals surface area contributed by atoms with Crippen molar-refractivity contribution in [3.63, 3.8) is 0 Å². The van der Waals surface area contributed by atoms with Gasteiger partial charge in [-0.3, -0.25) is 0 Å². The highest BCUT2D eigenvalue weighted by atomic mass is 127. The molecule has 1 aromatic carbocycles. The zero-order valence-electron chi connectivity index (χ0n) is 6.92. The van der Waals surface area contributed by atoms with Crippen molar-refractivity contribution in [2.24, 2.45) is 0 Å². The summed E-state index contributed by atoms with van der Waals surface area (Å²) in [6.45, 7) is 0. The first kappa shape index (κ1) is 7.50. The molecule has 3 rings (SSSR count). The monoisotopic (exact) mass is 281 g/mol. The molecule has 0 atom stereocenters. The van der Waals surface area contributed by atoms with Gasteiger partial charge in [0, 0.05) is 22.2 Å². The van der Waals surface area contributed by atoms with Crippen molar-refractivity contribution in [1.82, 2.24) is 4.98 Å². The van der Waals surface area contributed by atoms with Gasteiger partial charge in [-0.1, -0.05) is 38.9 Å². The molecule has 0 aliphatic carbocycles. The van der Waals surface area contributed by atoms with E-state index in [0.717, 1.165) is 0 Å². The van der Waals surface area contributed by atoms with Gasteiger partial charge in [0.25, 0.3) is 0 Å². The number of rotatable bonds is 0. The third-order valence-electron chi connectivity index (χ3n) is 2.25. The second-order valence-corrected chi connectivity index (χ2v) is 5.09. The maximum atomic E-state index is 3.42. The van der Waals surface area contributed by atoms with Crippen LogP contribution in [0.4, 0.5) is 0 Å². The molecule has 0 amide bonds. The molecule has 1 N–H and O–H groups in total. The molecule has 1 aliphatic rings. The van der Waals surface area contributed by atoms with Crippen LogP contribution in [0.3, 0.4) is 0 Å². The molecule has 13 heavy (non-hydrogen) atoms. The van der Waals surface area contributed by atoms with Crippen LogP contribution < -0.4 is 0 Å². The fraction of sp³-hybridized carbons (Fsp3) is 0. The van der Waals surface area contributed by atoms with E-state index in [0.29, 0.717) is 0 Å². The van der Waals surface area contributed by atoms with E-state index >= 15 is 0 Å². The van der Waals surface area contributed by atoms with Crippen LogP contribution in [0.15, 0.2) is 28.3 Å². The minimum atomic E-state index is 0.151. The number of para-hydroxylation sites is 1. The maximum absolute atomic E-state index is 3.42. The average Bonchev–Trinajstić information content (AvgIpc) is 2.56. The highest BCUT2D eigenvalue weighted by molar-refractivity contribution is 14.2. The van der Waals surface area contributed by atoms with Crippen molar-refractivity contribution >= 4 is 41.7 Å². The first-order valence-electron chi connectivity index (χ1n) is 4.17. The van der Waals surface area contributed by atoms with Gasteiger partial charge >= 0.3 is 0 Å². The second-order valence-electron chi connectivity index (χ2n) is 3.03. The summed E-state index contributed by atoms with van der Waals surface area (Å²) < 4.78 is 4.67. The predicted molar refractivity (Wildman–Crippen MR) is 66.5 cm³/mol. The molecule has 0 radical (unpaired) electrons. The van der Waals surface area contributed by atoms with E-state index in [4.69, 9.17) is 0 Å². The second kappa shape index (κ2) is 2.80. The van der Waals surface area contributed by atoms with Crippen LogP contribution in [0.25, 0.3) is 17.0 Å². The van der Waals surface area contributed by atoms with E-state index < -0.39 is 0 Å². The van der Waals surface area contributed by atoms with Gasteiger partial charge in [-0.15, -0.1) is 0 Å². The normalized spacial score (nSPS) is 14.2. The molecule has 1 aromatic heterocycles. The highest BCUT2D eigenvalue weighted by Gasteiger charge is 2.07. The van der Waals surface area contributed by atoms with E-state index in [9.17, 15) is 0 Å². The molecule has 64 valence electrons. The molecule has 0 spiro atoms. The Balaban J connectivity index is 2.49. The largest absolute Gasteiger partial charge is 0.354 e. The van der Waals surface area contributed by atoms with E-state index in [1.807, 2.05) is 0 Å². The van der Waals surface area contributed by atoms with Crippen molar-refractivity contribution in [2.75, 3.05) is 0 Å². The topological polar surface area (TPSA) is 15.8 Å². The van der Waals surface area contributed by atoms with E-state index in [2.05, 4.69) is 43.4 Å². The molecule has 2 aromatic rings. The van der Waals surface area contributed by atoms with Crippen molar-refractivity contribution in [1.29, 1.82) is 0 Å². The SMILES string of the molecule is C1=Cc2[nH]c3ccccc3c2C=I1.